The van der Waals surface area contributed by atoms with E-state index in [2.05, 4.69) is 18.2 Å². The molecule has 1 aliphatic carbocycles. The quantitative estimate of drug-likeness (QED) is 0.579. The molecule has 1 rings (SSSR count). The van der Waals surface area contributed by atoms with Gasteiger partial charge in [0.05, 0.1) is 6.10 Å². The second kappa shape index (κ2) is 3.57. The highest BCUT2D eigenvalue weighted by atomic mass is 16.3. The maximum atomic E-state index is 9.04. The summed E-state index contributed by atoms with van der Waals surface area (Å²) in [7, 11) is 0. The summed E-state index contributed by atoms with van der Waals surface area (Å²) in [6, 6.07) is 0. The minimum Gasteiger partial charge on any atom is -0.393 e. The van der Waals surface area contributed by atoms with Crippen LogP contribution in [0.25, 0.3) is 0 Å². The Bertz CT molecular complexity index is 154. The monoisotopic (exact) mass is 138 g/mol. The highest BCUT2D eigenvalue weighted by molar-refractivity contribution is 5.14. The van der Waals surface area contributed by atoms with Crippen LogP contribution in [-0.2, 0) is 0 Å². The summed E-state index contributed by atoms with van der Waals surface area (Å²) in [4.78, 5) is 0. The van der Waals surface area contributed by atoms with Crippen LogP contribution in [-0.4, -0.2) is 11.2 Å². The average Bonchev–Trinajstić information content (AvgIpc) is 1.88. The van der Waals surface area contributed by atoms with Gasteiger partial charge in [-0.3, -0.25) is 0 Å². The second-order valence-electron chi connectivity index (χ2n) is 2.83. The van der Waals surface area contributed by atoms with Gasteiger partial charge in [0.25, 0.3) is 0 Å². The van der Waals surface area contributed by atoms with E-state index in [1.54, 1.807) is 0 Å². The number of rotatable bonds is 2. The molecular formula is C9H14O. The van der Waals surface area contributed by atoms with E-state index in [0.717, 1.165) is 19.3 Å². The first-order valence-corrected chi connectivity index (χ1v) is 3.80. The van der Waals surface area contributed by atoms with Gasteiger partial charge in [-0.15, -0.1) is 0 Å². The molecule has 0 saturated heterocycles. The zero-order valence-electron chi connectivity index (χ0n) is 6.38. The van der Waals surface area contributed by atoms with E-state index in [9.17, 15) is 0 Å². The van der Waals surface area contributed by atoms with Gasteiger partial charge < -0.3 is 5.11 Å². The van der Waals surface area contributed by atoms with Crippen LogP contribution in [0.4, 0.5) is 0 Å². The van der Waals surface area contributed by atoms with Crippen molar-refractivity contribution in [3.63, 3.8) is 0 Å². The van der Waals surface area contributed by atoms with Gasteiger partial charge in [0.2, 0.25) is 0 Å². The van der Waals surface area contributed by atoms with E-state index < -0.39 is 0 Å². The van der Waals surface area contributed by atoms with Gasteiger partial charge in [0.1, 0.15) is 0 Å². The van der Waals surface area contributed by atoms with Crippen molar-refractivity contribution >= 4 is 0 Å². The Morgan fingerprint density at radius 1 is 1.60 bits per heavy atom. The lowest BCUT2D eigenvalue weighted by Gasteiger charge is -2.09. The lowest BCUT2D eigenvalue weighted by Crippen LogP contribution is -2.01. The largest absolute Gasteiger partial charge is 0.393 e. The molecule has 0 amide bonds. The van der Waals surface area contributed by atoms with E-state index in [1.165, 1.54) is 5.57 Å². The zero-order chi connectivity index (χ0) is 7.40. The molecule has 1 aliphatic rings. The minimum atomic E-state index is -0.183. The van der Waals surface area contributed by atoms with E-state index in [1.807, 2.05) is 6.92 Å². The van der Waals surface area contributed by atoms with Crippen molar-refractivity contribution in [2.24, 2.45) is 0 Å². The zero-order valence-corrected chi connectivity index (χ0v) is 6.38. The molecule has 10 heavy (non-hydrogen) atoms. The van der Waals surface area contributed by atoms with Crippen LogP contribution in [0, 0.1) is 0 Å². The highest BCUT2D eigenvalue weighted by Crippen LogP contribution is 2.15. The standard InChI is InChI=1S/C9H14O/c1-8(10)7-9-5-3-2-4-6-9/h2-3,6,8,10H,4-5,7H2,1H3. The third-order valence-corrected chi connectivity index (χ3v) is 1.65. The molecule has 1 heteroatoms. The molecule has 1 unspecified atom stereocenters. The van der Waals surface area contributed by atoms with Crippen molar-refractivity contribution in [3.05, 3.63) is 23.8 Å². The van der Waals surface area contributed by atoms with Gasteiger partial charge in [-0.2, -0.15) is 0 Å². The third kappa shape index (κ3) is 2.36. The molecule has 0 bridgehead atoms. The molecule has 0 heterocycles. The summed E-state index contributed by atoms with van der Waals surface area (Å²) in [6.45, 7) is 1.83. The van der Waals surface area contributed by atoms with Crippen LogP contribution in [0.5, 0.6) is 0 Å². The molecule has 56 valence electrons. The third-order valence-electron chi connectivity index (χ3n) is 1.65. The normalized spacial score (nSPS) is 20.4. The van der Waals surface area contributed by atoms with Crippen LogP contribution in [0.1, 0.15) is 26.2 Å². The van der Waals surface area contributed by atoms with Gasteiger partial charge >= 0.3 is 0 Å². The number of allylic oxidation sites excluding steroid dienone is 3. The van der Waals surface area contributed by atoms with Crippen molar-refractivity contribution in [2.75, 3.05) is 0 Å². The topological polar surface area (TPSA) is 20.2 Å². The molecule has 1 N–H and O–H groups in total. The fourth-order valence-electron chi connectivity index (χ4n) is 1.20. The van der Waals surface area contributed by atoms with Gasteiger partial charge in [0.15, 0.2) is 0 Å². The van der Waals surface area contributed by atoms with Crippen molar-refractivity contribution in [1.82, 2.24) is 0 Å². The van der Waals surface area contributed by atoms with Gasteiger partial charge in [-0.25, -0.2) is 0 Å². The highest BCUT2D eigenvalue weighted by Gasteiger charge is 2.01. The Balaban J connectivity index is 2.34. The fraction of sp³-hybridized carbons (Fsp3) is 0.556. The van der Waals surface area contributed by atoms with Crippen LogP contribution < -0.4 is 0 Å². The molecule has 0 aromatic heterocycles. The van der Waals surface area contributed by atoms with Crippen LogP contribution in [0.15, 0.2) is 23.8 Å². The van der Waals surface area contributed by atoms with E-state index in [4.69, 9.17) is 5.11 Å². The van der Waals surface area contributed by atoms with Crippen LogP contribution >= 0.6 is 0 Å². The van der Waals surface area contributed by atoms with Crippen molar-refractivity contribution in [3.8, 4) is 0 Å². The van der Waals surface area contributed by atoms with Gasteiger partial charge in [0, 0.05) is 0 Å². The summed E-state index contributed by atoms with van der Waals surface area (Å²) in [6.07, 6.45) is 9.26. The van der Waals surface area contributed by atoms with Crippen LogP contribution in [0.2, 0.25) is 0 Å². The Hall–Kier alpha value is -0.560. The summed E-state index contributed by atoms with van der Waals surface area (Å²) in [5, 5.41) is 9.04. The van der Waals surface area contributed by atoms with Crippen molar-refractivity contribution < 1.29 is 5.11 Å². The van der Waals surface area contributed by atoms with E-state index >= 15 is 0 Å². The van der Waals surface area contributed by atoms with E-state index in [0.29, 0.717) is 0 Å². The summed E-state index contributed by atoms with van der Waals surface area (Å²) >= 11 is 0. The predicted octanol–water partition coefficient (Wildman–Crippen LogP) is 2.03. The average molecular weight is 138 g/mol. The first-order valence-electron chi connectivity index (χ1n) is 3.80. The molecule has 1 atom stereocenters. The first-order chi connectivity index (χ1) is 4.79. The fourth-order valence-corrected chi connectivity index (χ4v) is 1.20. The molecule has 1 nitrogen and oxygen atoms in total. The summed E-state index contributed by atoms with van der Waals surface area (Å²) in [5.41, 5.74) is 1.37. The molecule has 0 radical (unpaired) electrons. The molecule has 0 saturated carbocycles. The van der Waals surface area contributed by atoms with Gasteiger partial charge in [-0.05, 0) is 26.2 Å². The maximum absolute atomic E-state index is 9.04. The first kappa shape index (κ1) is 7.55. The number of hydrogen-bond acceptors (Lipinski definition) is 1. The predicted molar refractivity (Wildman–Crippen MR) is 42.8 cm³/mol. The SMILES string of the molecule is CC(O)CC1=CCC=CC1. The lowest BCUT2D eigenvalue weighted by atomic mass is 10.0. The minimum absolute atomic E-state index is 0.183. The Labute approximate surface area is 62.1 Å². The maximum Gasteiger partial charge on any atom is 0.0549 e. The van der Waals surface area contributed by atoms with Gasteiger partial charge in [-0.1, -0.05) is 23.8 Å². The van der Waals surface area contributed by atoms with Crippen molar-refractivity contribution in [1.29, 1.82) is 0 Å². The number of aliphatic hydroxyl groups is 1. The Morgan fingerprint density at radius 3 is 2.90 bits per heavy atom. The second-order valence-corrected chi connectivity index (χ2v) is 2.83. The molecule has 0 fully saturated rings. The van der Waals surface area contributed by atoms with Crippen LogP contribution in [0.3, 0.4) is 0 Å². The smallest absolute Gasteiger partial charge is 0.0549 e. The molecule has 0 spiro atoms. The lowest BCUT2D eigenvalue weighted by molar-refractivity contribution is 0.194. The molecule has 0 aliphatic heterocycles. The van der Waals surface area contributed by atoms with Crippen molar-refractivity contribution in [2.45, 2.75) is 32.3 Å². The number of aliphatic hydroxyl groups excluding tert-OH is 1. The summed E-state index contributed by atoms with van der Waals surface area (Å²) in [5.74, 6) is 0. The Kier molecular flexibility index (Phi) is 2.69. The molecule has 0 aromatic carbocycles. The Morgan fingerprint density at radius 2 is 2.40 bits per heavy atom. The number of hydrogen-bond donors (Lipinski definition) is 1. The summed E-state index contributed by atoms with van der Waals surface area (Å²) < 4.78 is 0. The molecular weight excluding hydrogens is 124 g/mol. The molecule has 0 aromatic rings. The van der Waals surface area contributed by atoms with E-state index in [-0.39, 0.29) is 6.10 Å².